The van der Waals surface area contributed by atoms with Gasteiger partial charge in [0.2, 0.25) is 0 Å². The third-order valence-electron chi connectivity index (χ3n) is 2.63. The van der Waals surface area contributed by atoms with Crippen LogP contribution in [0.2, 0.25) is 0 Å². The van der Waals surface area contributed by atoms with Crippen LogP contribution in [-0.4, -0.2) is 38.6 Å². The van der Waals surface area contributed by atoms with Crippen LogP contribution < -0.4 is 5.32 Å². The Bertz CT molecular complexity index is 112. The van der Waals surface area contributed by atoms with Gasteiger partial charge in [-0.25, -0.2) is 0 Å². The molecule has 1 saturated carbocycles. The molecule has 0 aromatic carbocycles. The summed E-state index contributed by atoms with van der Waals surface area (Å²) in [7, 11) is 6.40. The van der Waals surface area contributed by atoms with Crippen LogP contribution >= 0.6 is 0 Å². The molecule has 0 amide bonds. The van der Waals surface area contributed by atoms with Crippen molar-refractivity contribution in [2.24, 2.45) is 5.92 Å². The van der Waals surface area contributed by atoms with Crippen LogP contribution in [0.1, 0.15) is 19.3 Å². The second-order valence-electron chi connectivity index (χ2n) is 3.85. The van der Waals surface area contributed by atoms with Crippen molar-refractivity contribution in [2.75, 3.05) is 27.7 Å². The standard InChI is InChI=1S/C9H20N2/c1-10-9-6-4-5-8(9)7-11(2)3/h8-10H,4-7H2,1-3H3. The first-order chi connectivity index (χ1) is 5.24. The first-order valence-electron chi connectivity index (χ1n) is 4.56. The number of nitrogens with one attached hydrogen (secondary N) is 1. The Morgan fingerprint density at radius 2 is 2.09 bits per heavy atom. The smallest absolute Gasteiger partial charge is 0.0104 e. The first-order valence-corrected chi connectivity index (χ1v) is 4.56. The lowest BCUT2D eigenvalue weighted by molar-refractivity contribution is 0.294. The molecule has 1 N–H and O–H groups in total. The molecule has 0 saturated heterocycles. The molecular weight excluding hydrogens is 136 g/mol. The Labute approximate surface area is 70.0 Å². The fraction of sp³-hybridized carbons (Fsp3) is 1.00. The summed E-state index contributed by atoms with van der Waals surface area (Å²) in [5, 5.41) is 3.39. The Kier molecular flexibility index (Phi) is 3.34. The van der Waals surface area contributed by atoms with Gasteiger partial charge in [0.25, 0.3) is 0 Å². The van der Waals surface area contributed by atoms with Gasteiger partial charge >= 0.3 is 0 Å². The van der Waals surface area contributed by atoms with Gasteiger partial charge in [-0.15, -0.1) is 0 Å². The molecule has 0 heterocycles. The highest BCUT2D eigenvalue weighted by atomic mass is 15.1. The third-order valence-corrected chi connectivity index (χ3v) is 2.63. The number of rotatable bonds is 3. The molecule has 1 rings (SSSR count). The summed E-state index contributed by atoms with van der Waals surface area (Å²) in [6.07, 6.45) is 4.18. The molecule has 2 unspecified atom stereocenters. The zero-order valence-corrected chi connectivity index (χ0v) is 7.93. The van der Waals surface area contributed by atoms with E-state index in [1.807, 2.05) is 0 Å². The minimum Gasteiger partial charge on any atom is -0.317 e. The van der Waals surface area contributed by atoms with Crippen molar-refractivity contribution < 1.29 is 0 Å². The lowest BCUT2D eigenvalue weighted by Gasteiger charge is -2.22. The minimum absolute atomic E-state index is 0.775. The Morgan fingerprint density at radius 3 is 2.64 bits per heavy atom. The summed E-state index contributed by atoms with van der Waals surface area (Å²) in [5.74, 6) is 0.884. The van der Waals surface area contributed by atoms with Crippen molar-refractivity contribution in [3.8, 4) is 0 Å². The molecule has 1 fully saturated rings. The van der Waals surface area contributed by atoms with Crippen LogP contribution in [0, 0.1) is 5.92 Å². The lowest BCUT2D eigenvalue weighted by atomic mass is 10.0. The molecule has 1 aliphatic carbocycles. The van der Waals surface area contributed by atoms with Gasteiger partial charge in [-0.3, -0.25) is 0 Å². The van der Waals surface area contributed by atoms with E-state index in [4.69, 9.17) is 0 Å². The van der Waals surface area contributed by atoms with Crippen LogP contribution in [0.3, 0.4) is 0 Å². The van der Waals surface area contributed by atoms with Crippen molar-refractivity contribution in [1.82, 2.24) is 10.2 Å². The quantitative estimate of drug-likeness (QED) is 0.654. The van der Waals surface area contributed by atoms with E-state index in [-0.39, 0.29) is 0 Å². The maximum absolute atomic E-state index is 3.39. The van der Waals surface area contributed by atoms with Crippen LogP contribution in [0.4, 0.5) is 0 Å². The van der Waals surface area contributed by atoms with Crippen LogP contribution in [-0.2, 0) is 0 Å². The van der Waals surface area contributed by atoms with Crippen LogP contribution in [0.5, 0.6) is 0 Å². The second-order valence-corrected chi connectivity index (χ2v) is 3.85. The number of hydrogen-bond acceptors (Lipinski definition) is 2. The Balaban J connectivity index is 2.31. The highest BCUT2D eigenvalue weighted by Crippen LogP contribution is 2.25. The number of hydrogen-bond donors (Lipinski definition) is 1. The van der Waals surface area contributed by atoms with Crippen molar-refractivity contribution in [1.29, 1.82) is 0 Å². The average molecular weight is 156 g/mol. The van der Waals surface area contributed by atoms with Gasteiger partial charge in [0.15, 0.2) is 0 Å². The predicted octanol–water partition coefficient (Wildman–Crippen LogP) is 0.936. The van der Waals surface area contributed by atoms with Gasteiger partial charge in [-0.1, -0.05) is 6.42 Å². The SMILES string of the molecule is CNC1CCCC1CN(C)C. The van der Waals surface area contributed by atoms with E-state index in [2.05, 4.69) is 31.4 Å². The molecule has 11 heavy (non-hydrogen) atoms. The fourth-order valence-electron chi connectivity index (χ4n) is 2.10. The molecule has 0 aromatic heterocycles. The van der Waals surface area contributed by atoms with E-state index in [9.17, 15) is 0 Å². The molecule has 2 atom stereocenters. The van der Waals surface area contributed by atoms with Gasteiger partial charge in [-0.2, -0.15) is 0 Å². The first kappa shape index (κ1) is 9.01. The molecule has 66 valence electrons. The second kappa shape index (κ2) is 4.07. The summed E-state index contributed by atoms with van der Waals surface area (Å²) < 4.78 is 0. The van der Waals surface area contributed by atoms with Gasteiger partial charge in [0.1, 0.15) is 0 Å². The van der Waals surface area contributed by atoms with E-state index in [1.54, 1.807) is 0 Å². The molecule has 1 aliphatic rings. The van der Waals surface area contributed by atoms with Crippen molar-refractivity contribution in [3.63, 3.8) is 0 Å². The van der Waals surface area contributed by atoms with Gasteiger partial charge in [0.05, 0.1) is 0 Å². The highest BCUT2D eigenvalue weighted by Gasteiger charge is 2.25. The molecular formula is C9H20N2. The molecule has 0 spiro atoms. The lowest BCUT2D eigenvalue weighted by Crippen LogP contribution is -2.35. The monoisotopic (exact) mass is 156 g/mol. The van der Waals surface area contributed by atoms with Crippen molar-refractivity contribution >= 4 is 0 Å². The van der Waals surface area contributed by atoms with Crippen LogP contribution in [0.25, 0.3) is 0 Å². The van der Waals surface area contributed by atoms with E-state index in [0.717, 1.165) is 12.0 Å². The minimum atomic E-state index is 0.775. The summed E-state index contributed by atoms with van der Waals surface area (Å²) in [5.41, 5.74) is 0. The zero-order valence-electron chi connectivity index (χ0n) is 7.93. The summed E-state index contributed by atoms with van der Waals surface area (Å²) in [6.45, 7) is 1.24. The van der Waals surface area contributed by atoms with E-state index < -0.39 is 0 Å². The molecule has 2 nitrogen and oxygen atoms in total. The number of nitrogens with zero attached hydrogens (tertiary/aromatic N) is 1. The van der Waals surface area contributed by atoms with Crippen molar-refractivity contribution in [3.05, 3.63) is 0 Å². The maximum Gasteiger partial charge on any atom is 0.0104 e. The topological polar surface area (TPSA) is 15.3 Å². The fourth-order valence-corrected chi connectivity index (χ4v) is 2.10. The molecule has 0 aromatic rings. The summed E-state index contributed by atoms with van der Waals surface area (Å²) in [6, 6.07) is 0.775. The van der Waals surface area contributed by atoms with Crippen molar-refractivity contribution in [2.45, 2.75) is 25.3 Å². The van der Waals surface area contributed by atoms with E-state index >= 15 is 0 Å². The largest absolute Gasteiger partial charge is 0.317 e. The van der Waals surface area contributed by atoms with Crippen LogP contribution in [0.15, 0.2) is 0 Å². The zero-order chi connectivity index (χ0) is 8.27. The molecule has 2 heteroatoms. The third kappa shape index (κ3) is 2.46. The Hall–Kier alpha value is -0.0800. The average Bonchev–Trinajstić information content (AvgIpc) is 2.34. The predicted molar refractivity (Wildman–Crippen MR) is 48.7 cm³/mol. The molecule has 0 bridgehead atoms. The van der Waals surface area contributed by atoms with E-state index in [0.29, 0.717) is 0 Å². The normalized spacial score (nSPS) is 31.6. The Morgan fingerprint density at radius 1 is 1.36 bits per heavy atom. The summed E-state index contributed by atoms with van der Waals surface area (Å²) in [4.78, 5) is 2.29. The highest BCUT2D eigenvalue weighted by molar-refractivity contribution is 4.83. The molecule has 0 aliphatic heterocycles. The maximum atomic E-state index is 3.39. The molecule has 0 radical (unpaired) electrons. The van der Waals surface area contributed by atoms with Gasteiger partial charge in [-0.05, 0) is 39.9 Å². The van der Waals surface area contributed by atoms with Gasteiger partial charge < -0.3 is 10.2 Å². The van der Waals surface area contributed by atoms with E-state index in [1.165, 1.54) is 25.8 Å². The summed E-state index contributed by atoms with van der Waals surface area (Å²) >= 11 is 0. The van der Waals surface area contributed by atoms with Gasteiger partial charge in [0, 0.05) is 12.6 Å².